The van der Waals surface area contributed by atoms with Gasteiger partial charge in [0.1, 0.15) is 22.6 Å². The van der Waals surface area contributed by atoms with E-state index in [1.165, 1.54) is 24.3 Å². The normalized spacial score (nSPS) is 10.4. The third-order valence-corrected chi connectivity index (χ3v) is 2.59. The number of hydrogen-bond donors (Lipinski definition) is 4. The van der Waals surface area contributed by atoms with Crippen molar-refractivity contribution in [2.75, 3.05) is 0 Å². The molecule has 92 valence electrons. The van der Waals surface area contributed by atoms with E-state index in [-0.39, 0.29) is 5.39 Å². The Morgan fingerprint density at radius 1 is 0.778 bits per heavy atom. The van der Waals surface area contributed by atoms with Gasteiger partial charge in [-0.25, -0.2) is 9.59 Å². The average molecular weight is 248 g/mol. The summed E-state index contributed by atoms with van der Waals surface area (Å²) in [6.45, 7) is 0. The maximum absolute atomic E-state index is 10.8. The molecule has 2 aromatic rings. The summed E-state index contributed by atoms with van der Waals surface area (Å²) in [6, 6.07) is 5.12. The topological polar surface area (TPSA) is 115 Å². The van der Waals surface area contributed by atoms with Crippen molar-refractivity contribution in [1.29, 1.82) is 0 Å². The first-order valence-electron chi connectivity index (χ1n) is 4.87. The average Bonchev–Trinajstić information content (AvgIpc) is 2.28. The van der Waals surface area contributed by atoms with Crippen LogP contribution in [0.3, 0.4) is 0 Å². The van der Waals surface area contributed by atoms with Crippen molar-refractivity contribution in [3.05, 3.63) is 35.4 Å². The smallest absolute Gasteiger partial charge is 0.339 e. The third-order valence-electron chi connectivity index (χ3n) is 2.59. The van der Waals surface area contributed by atoms with E-state index in [2.05, 4.69) is 0 Å². The van der Waals surface area contributed by atoms with Gasteiger partial charge >= 0.3 is 11.9 Å². The standard InChI is InChI=1S/C12H8O6/c13-9-6(11(15)16)3-1-5-2-4-7(12(17)18)10(14)8(5)9/h1-4,13-14H,(H,15,16)(H,17,18). The molecule has 6 nitrogen and oxygen atoms in total. The number of aromatic hydroxyl groups is 2. The Morgan fingerprint density at radius 2 is 1.17 bits per heavy atom. The first-order chi connectivity index (χ1) is 8.43. The third kappa shape index (κ3) is 1.60. The maximum atomic E-state index is 10.8. The van der Waals surface area contributed by atoms with E-state index in [0.29, 0.717) is 5.39 Å². The lowest BCUT2D eigenvalue weighted by Gasteiger charge is -2.08. The molecule has 0 fully saturated rings. The van der Waals surface area contributed by atoms with Gasteiger partial charge in [0.25, 0.3) is 0 Å². The van der Waals surface area contributed by atoms with E-state index >= 15 is 0 Å². The SMILES string of the molecule is O=C(O)c1ccc2ccc(C(=O)O)c(O)c2c1O. The van der Waals surface area contributed by atoms with Crippen molar-refractivity contribution in [2.45, 2.75) is 0 Å². The zero-order valence-electron chi connectivity index (χ0n) is 8.91. The van der Waals surface area contributed by atoms with Crippen LogP contribution in [-0.4, -0.2) is 32.4 Å². The minimum absolute atomic E-state index is 0.185. The Kier molecular flexibility index (Phi) is 2.55. The first-order valence-corrected chi connectivity index (χ1v) is 4.87. The van der Waals surface area contributed by atoms with Crippen molar-refractivity contribution in [2.24, 2.45) is 0 Å². The second kappa shape index (κ2) is 3.92. The number of phenols is 2. The summed E-state index contributed by atoms with van der Waals surface area (Å²) >= 11 is 0. The predicted octanol–water partition coefficient (Wildman–Crippen LogP) is 1.65. The van der Waals surface area contributed by atoms with Gasteiger partial charge in [0.2, 0.25) is 0 Å². The number of rotatable bonds is 2. The van der Waals surface area contributed by atoms with Crippen LogP contribution in [0, 0.1) is 0 Å². The summed E-state index contributed by atoms with van der Waals surface area (Å²) in [5.41, 5.74) is -0.805. The van der Waals surface area contributed by atoms with Gasteiger partial charge in [0, 0.05) is 0 Å². The van der Waals surface area contributed by atoms with Gasteiger partial charge in [0.15, 0.2) is 0 Å². The van der Waals surface area contributed by atoms with Crippen molar-refractivity contribution >= 4 is 22.7 Å². The number of carboxylic acids is 2. The number of benzene rings is 2. The number of aromatic carboxylic acids is 2. The first kappa shape index (κ1) is 11.7. The predicted molar refractivity (Wildman–Crippen MR) is 61.2 cm³/mol. The molecule has 18 heavy (non-hydrogen) atoms. The van der Waals surface area contributed by atoms with Gasteiger partial charge in [-0.2, -0.15) is 0 Å². The molecule has 2 rings (SSSR count). The molecule has 0 aliphatic rings. The van der Waals surface area contributed by atoms with Gasteiger partial charge < -0.3 is 20.4 Å². The van der Waals surface area contributed by atoms with Crippen LogP contribution in [0.25, 0.3) is 10.8 Å². The molecule has 6 heteroatoms. The highest BCUT2D eigenvalue weighted by Gasteiger charge is 2.19. The Labute approximate surface area is 100 Å². The zero-order valence-corrected chi connectivity index (χ0v) is 8.91. The van der Waals surface area contributed by atoms with Crippen LogP contribution in [0.15, 0.2) is 24.3 Å². The lowest BCUT2D eigenvalue weighted by Crippen LogP contribution is -1.99. The largest absolute Gasteiger partial charge is 0.506 e. The van der Waals surface area contributed by atoms with Crippen LogP contribution in [0.1, 0.15) is 20.7 Å². The quantitative estimate of drug-likeness (QED) is 0.642. The molecule has 0 spiro atoms. The zero-order chi connectivity index (χ0) is 13.4. The number of carbonyl (C=O) groups is 2. The summed E-state index contributed by atoms with van der Waals surface area (Å²) in [5, 5.41) is 37.4. The fourth-order valence-electron chi connectivity index (χ4n) is 1.73. The van der Waals surface area contributed by atoms with Crippen LogP contribution in [0.2, 0.25) is 0 Å². The highest BCUT2D eigenvalue weighted by atomic mass is 16.4. The van der Waals surface area contributed by atoms with Gasteiger partial charge in [-0.15, -0.1) is 0 Å². The molecule has 4 N–H and O–H groups in total. The molecule has 0 unspecified atom stereocenters. The maximum Gasteiger partial charge on any atom is 0.339 e. The molecule has 0 radical (unpaired) electrons. The highest BCUT2D eigenvalue weighted by Crippen LogP contribution is 2.37. The lowest BCUT2D eigenvalue weighted by atomic mass is 10.0. The molecule has 0 heterocycles. The van der Waals surface area contributed by atoms with Crippen molar-refractivity contribution in [3.8, 4) is 11.5 Å². The number of carboxylic acid groups (broad SMARTS) is 2. The van der Waals surface area contributed by atoms with Crippen LogP contribution < -0.4 is 0 Å². The summed E-state index contributed by atoms with van der Waals surface area (Å²) in [7, 11) is 0. The van der Waals surface area contributed by atoms with Gasteiger partial charge in [-0.1, -0.05) is 12.1 Å². The fraction of sp³-hybridized carbons (Fsp3) is 0. The van der Waals surface area contributed by atoms with E-state index in [4.69, 9.17) is 10.2 Å². The second-order valence-electron chi connectivity index (χ2n) is 3.63. The molecule has 0 amide bonds. The summed E-state index contributed by atoms with van der Waals surface area (Å²) in [4.78, 5) is 21.7. The van der Waals surface area contributed by atoms with E-state index in [1.54, 1.807) is 0 Å². The Bertz CT molecular complexity index is 619. The van der Waals surface area contributed by atoms with Gasteiger partial charge in [-0.05, 0) is 17.5 Å². The van der Waals surface area contributed by atoms with E-state index in [9.17, 15) is 19.8 Å². The number of fused-ring (bicyclic) bond motifs is 1. The molecule has 2 aromatic carbocycles. The fourth-order valence-corrected chi connectivity index (χ4v) is 1.73. The molecule has 0 atom stereocenters. The van der Waals surface area contributed by atoms with Crippen LogP contribution >= 0.6 is 0 Å². The number of hydrogen-bond acceptors (Lipinski definition) is 4. The van der Waals surface area contributed by atoms with E-state index in [0.717, 1.165) is 0 Å². The van der Waals surface area contributed by atoms with Crippen molar-refractivity contribution < 1.29 is 30.0 Å². The molecule has 0 aliphatic carbocycles. The minimum atomic E-state index is -1.37. The highest BCUT2D eigenvalue weighted by molar-refractivity contribution is 6.06. The van der Waals surface area contributed by atoms with Gasteiger partial charge in [0.05, 0.1) is 5.39 Å². The van der Waals surface area contributed by atoms with E-state index < -0.39 is 34.6 Å². The van der Waals surface area contributed by atoms with Crippen LogP contribution in [0.4, 0.5) is 0 Å². The lowest BCUT2D eigenvalue weighted by molar-refractivity contribution is 0.0683. The second-order valence-corrected chi connectivity index (χ2v) is 3.63. The molecule has 0 saturated heterocycles. The van der Waals surface area contributed by atoms with E-state index in [1.807, 2.05) is 0 Å². The molecular formula is C12H8O6. The summed E-state index contributed by atoms with van der Waals surface area (Å²) in [6.07, 6.45) is 0. The Hall–Kier alpha value is -2.76. The van der Waals surface area contributed by atoms with Crippen molar-refractivity contribution in [3.63, 3.8) is 0 Å². The Balaban J connectivity index is 2.90. The molecule has 0 aromatic heterocycles. The molecule has 0 aliphatic heterocycles. The monoisotopic (exact) mass is 248 g/mol. The minimum Gasteiger partial charge on any atom is -0.506 e. The van der Waals surface area contributed by atoms with Crippen LogP contribution in [-0.2, 0) is 0 Å². The molecule has 0 bridgehead atoms. The molecule has 0 saturated carbocycles. The van der Waals surface area contributed by atoms with Gasteiger partial charge in [-0.3, -0.25) is 0 Å². The van der Waals surface area contributed by atoms with Crippen LogP contribution in [0.5, 0.6) is 11.5 Å². The Morgan fingerprint density at radius 3 is 1.50 bits per heavy atom. The summed E-state index contributed by atoms with van der Waals surface area (Å²) < 4.78 is 0. The summed E-state index contributed by atoms with van der Waals surface area (Å²) in [5.74, 6) is -4.04. The molecular weight excluding hydrogens is 240 g/mol. The van der Waals surface area contributed by atoms with Crippen molar-refractivity contribution in [1.82, 2.24) is 0 Å².